The molecule has 0 radical (unpaired) electrons. The Balaban J connectivity index is 2.26. The van der Waals surface area contributed by atoms with E-state index < -0.39 is 0 Å². The highest BCUT2D eigenvalue weighted by molar-refractivity contribution is 5.09. The SMILES string of the molecule is CCCCCCN(CC)Cc1ccncc1. The molecule has 2 heteroatoms. The number of pyridine rings is 1. The number of hydrogen-bond acceptors (Lipinski definition) is 2. The fourth-order valence-electron chi connectivity index (χ4n) is 1.86. The highest BCUT2D eigenvalue weighted by Gasteiger charge is 2.02. The molecule has 0 atom stereocenters. The van der Waals surface area contributed by atoms with Crippen molar-refractivity contribution in [2.24, 2.45) is 0 Å². The number of nitrogens with zero attached hydrogens (tertiary/aromatic N) is 2. The van der Waals surface area contributed by atoms with Crippen molar-refractivity contribution >= 4 is 0 Å². The summed E-state index contributed by atoms with van der Waals surface area (Å²) in [7, 11) is 0. The summed E-state index contributed by atoms with van der Waals surface area (Å²) in [5, 5.41) is 0. The van der Waals surface area contributed by atoms with Crippen LogP contribution in [0.5, 0.6) is 0 Å². The van der Waals surface area contributed by atoms with Crippen molar-refractivity contribution in [2.45, 2.75) is 46.1 Å². The second-order valence-corrected chi connectivity index (χ2v) is 4.28. The first-order chi connectivity index (χ1) is 7.86. The van der Waals surface area contributed by atoms with Gasteiger partial charge in [0.25, 0.3) is 0 Å². The third kappa shape index (κ3) is 5.26. The van der Waals surface area contributed by atoms with E-state index in [1.54, 1.807) is 0 Å². The maximum Gasteiger partial charge on any atom is 0.0271 e. The van der Waals surface area contributed by atoms with Gasteiger partial charge >= 0.3 is 0 Å². The Labute approximate surface area is 99.7 Å². The van der Waals surface area contributed by atoms with Gasteiger partial charge in [0.2, 0.25) is 0 Å². The smallest absolute Gasteiger partial charge is 0.0271 e. The van der Waals surface area contributed by atoms with Crippen LogP contribution < -0.4 is 0 Å². The predicted molar refractivity (Wildman–Crippen MR) is 69.3 cm³/mol. The van der Waals surface area contributed by atoms with Gasteiger partial charge in [-0.25, -0.2) is 0 Å². The van der Waals surface area contributed by atoms with Gasteiger partial charge in [0.15, 0.2) is 0 Å². The summed E-state index contributed by atoms with van der Waals surface area (Å²) < 4.78 is 0. The van der Waals surface area contributed by atoms with Gasteiger partial charge in [0, 0.05) is 18.9 Å². The van der Waals surface area contributed by atoms with Crippen LogP contribution in [0.1, 0.15) is 45.1 Å². The van der Waals surface area contributed by atoms with E-state index in [-0.39, 0.29) is 0 Å². The van der Waals surface area contributed by atoms with Crippen LogP contribution in [0.25, 0.3) is 0 Å². The minimum absolute atomic E-state index is 1.06. The zero-order valence-electron chi connectivity index (χ0n) is 10.7. The normalized spacial score (nSPS) is 10.9. The zero-order valence-corrected chi connectivity index (χ0v) is 10.7. The average Bonchev–Trinajstić information content (AvgIpc) is 2.34. The lowest BCUT2D eigenvalue weighted by atomic mass is 10.2. The fraction of sp³-hybridized carbons (Fsp3) is 0.643. The topological polar surface area (TPSA) is 16.1 Å². The Morgan fingerprint density at radius 3 is 2.44 bits per heavy atom. The van der Waals surface area contributed by atoms with Crippen LogP contribution in [0.4, 0.5) is 0 Å². The third-order valence-corrected chi connectivity index (χ3v) is 2.93. The minimum Gasteiger partial charge on any atom is -0.299 e. The molecule has 1 rings (SSSR count). The van der Waals surface area contributed by atoms with Gasteiger partial charge in [-0.2, -0.15) is 0 Å². The molecule has 0 aliphatic heterocycles. The van der Waals surface area contributed by atoms with E-state index in [0.29, 0.717) is 0 Å². The van der Waals surface area contributed by atoms with Crippen molar-refractivity contribution in [2.75, 3.05) is 13.1 Å². The lowest BCUT2D eigenvalue weighted by Gasteiger charge is -2.20. The minimum atomic E-state index is 1.06. The van der Waals surface area contributed by atoms with E-state index in [4.69, 9.17) is 0 Å². The number of aromatic nitrogens is 1. The molecule has 0 aliphatic rings. The van der Waals surface area contributed by atoms with Gasteiger partial charge < -0.3 is 0 Å². The molecule has 0 bridgehead atoms. The first-order valence-corrected chi connectivity index (χ1v) is 6.48. The molecule has 0 spiro atoms. The predicted octanol–water partition coefficient (Wildman–Crippen LogP) is 3.48. The second kappa shape index (κ2) is 8.28. The van der Waals surface area contributed by atoms with Gasteiger partial charge in [-0.05, 0) is 37.2 Å². The summed E-state index contributed by atoms with van der Waals surface area (Å²) in [6, 6.07) is 4.21. The van der Waals surface area contributed by atoms with Crippen LogP contribution in [0.3, 0.4) is 0 Å². The van der Waals surface area contributed by atoms with E-state index in [2.05, 4.69) is 35.9 Å². The van der Waals surface area contributed by atoms with E-state index >= 15 is 0 Å². The summed E-state index contributed by atoms with van der Waals surface area (Å²) in [6.07, 6.45) is 9.12. The van der Waals surface area contributed by atoms with Crippen LogP contribution in [-0.2, 0) is 6.54 Å². The molecule has 1 heterocycles. The van der Waals surface area contributed by atoms with Crippen LogP contribution in [0.2, 0.25) is 0 Å². The average molecular weight is 220 g/mol. The molecule has 1 aromatic heterocycles. The van der Waals surface area contributed by atoms with Crippen molar-refractivity contribution in [3.05, 3.63) is 30.1 Å². The molecule has 0 N–H and O–H groups in total. The molecule has 0 aromatic carbocycles. The quantitative estimate of drug-likeness (QED) is 0.623. The summed E-state index contributed by atoms with van der Waals surface area (Å²) in [4.78, 5) is 6.55. The highest BCUT2D eigenvalue weighted by atomic mass is 15.1. The van der Waals surface area contributed by atoms with Crippen molar-refractivity contribution in [3.63, 3.8) is 0 Å². The number of unbranched alkanes of at least 4 members (excludes halogenated alkanes) is 3. The van der Waals surface area contributed by atoms with E-state index in [1.165, 1.54) is 37.8 Å². The molecule has 0 unspecified atom stereocenters. The summed E-state index contributed by atoms with van der Waals surface area (Å²) >= 11 is 0. The van der Waals surface area contributed by atoms with Crippen molar-refractivity contribution in [1.82, 2.24) is 9.88 Å². The third-order valence-electron chi connectivity index (χ3n) is 2.93. The maximum absolute atomic E-state index is 4.05. The molecule has 0 amide bonds. The number of hydrogen-bond donors (Lipinski definition) is 0. The van der Waals surface area contributed by atoms with Crippen LogP contribution in [0.15, 0.2) is 24.5 Å². The van der Waals surface area contributed by atoms with Crippen molar-refractivity contribution < 1.29 is 0 Å². The van der Waals surface area contributed by atoms with Crippen molar-refractivity contribution in [1.29, 1.82) is 0 Å². The maximum atomic E-state index is 4.05. The Kier molecular flexibility index (Phi) is 6.82. The molecular formula is C14H24N2. The van der Waals surface area contributed by atoms with E-state index in [9.17, 15) is 0 Å². The molecule has 0 fully saturated rings. The Morgan fingerprint density at radius 1 is 1.06 bits per heavy atom. The molecule has 90 valence electrons. The standard InChI is InChI=1S/C14H24N2/c1-3-5-6-7-12-16(4-2)13-14-8-10-15-11-9-14/h8-11H,3-7,12-13H2,1-2H3. The largest absolute Gasteiger partial charge is 0.299 e. The monoisotopic (exact) mass is 220 g/mol. The Morgan fingerprint density at radius 2 is 1.81 bits per heavy atom. The molecule has 0 saturated carbocycles. The summed E-state index contributed by atoms with van der Waals surface area (Å²) in [6.45, 7) is 7.91. The number of rotatable bonds is 8. The van der Waals surface area contributed by atoms with E-state index in [0.717, 1.165) is 13.1 Å². The molecule has 0 aliphatic carbocycles. The van der Waals surface area contributed by atoms with Gasteiger partial charge in [0.05, 0.1) is 0 Å². The second-order valence-electron chi connectivity index (χ2n) is 4.28. The van der Waals surface area contributed by atoms with Gasteiger partial charge in [0.1, 0.15) is 0 Å². The first-order valence-electron chi connectivity index (χ1n) is 6.48. The molecular weight excluding hydrogens is 196 g/mol. The van der Waals surface area contributed by atoms with Crippen molar-refractivity contribution in [3.8, 4) is 0 Å². The van der Waals surface area contributed by atoms with Crippen LogP contribution >= 0.6 is 0 Å². The molecule has 2 nitrogen and oxygen atoms in total. The highest BCUT2D eigenvalue weighted by Crippen LogP contribution is 2.06. The first kappa shape index (κ1) is 13.2. The van der Waals surface area contributed by atoms with Gasteiger partial charge in [-0.3, -0.25) is 9.88 Å². The lowest BCUT2D eigenvalue weighted by molar-refractivity contribution is 0.272. The van der Waals surface area contributed by atoms with E-state index in [1.807, 2.05) is 12.4 Å². The molecule has 16 heavy (non-hydrogen) atoms. The van der Waals surface area contributed by atoms with Gasteiger partial charge in [-0.1, -0.05) is 33.1 Å². The summed E-state index contributed by atoms with van der Waals surface area (Å²) in [5.74, 6) is 0. The lowest BCUT2D eigenvalue weighted by Crippen LogP contribution is -2.24. The van der Waals surface area contributed by atoms with Crippen LogP contribution in [0, 0.1) is 0 Å². The Bertz CT molecular complexity index is 259. The molecule has 1 aromatic rings. The molecule has 0 saturated heterocycles. The van der Waals surface area contributed by atoms with Crippen LogP contribution in [-0.4, -0.2) is 23.0 Å². The fourth-order valence-corrected chi connectivity index (χ4v) is 1.86. The zero-order chi connectivity index (χ0) is 11.6. The Hall–Kier alpha value is -0.890. The van der Waals surface area contributed by atoms with Gasteiger partial charge in [-0.15, -0.1) is 0 Å². The summed E-state index contributed by atoms with van der Waals surface area (Å²) in [5.41, 5.74) is 1.37.